The van der Waals surface area contributed by atoms with Crippen LogP contribution < -0.4 is 0 Å². The van der Waals surface area contributed by atoms with Crippen LogP contribution in [-0.4, -0.2) is 36.1 Å². The van der Waals surface area contributed by atoms with Gasteiger partial charge in [-0.25, -0.2) is 0 Å². The summed E-state index contributed by atoms with van der Waals surface area (Å²) >= 11 is 6.33. The number of nitrogens with zero attached hydrogens (tertiary/aromatic N) is 1. The van der Waals surface area contributed by atoms with E-state index in [9.17, 15) is 4.79 Å². The maximum atomic E-state index is 11.9. The van der Waals surface area contributed by atoms with E-state index in [2.05, 4.69) is 17.1 Å². The fourth-order valence-electron chi connectivity index (χ4n) is 2.83. The molecule has 19 heavy (non-hydrogen) atoms. The Kier molecular flexibility index (Phi) is 3.37. The van der Waals surface area contributed by atoms with Gasteiger partial charge in [0.25, 0.3) is 0 Å². The maximum absolute atomic E-state index is 11.9. The molecule has 5 heteroatoms. The van der Waals surface area contributed by atoms with E-state index < -0.39 is 0 Å². The summed E-state index contributed by atoms with van der Waals surface area (Å²) in [5.74, 6) is 0.0466. The lowest BCUT2D eigenvalue weighted by molar-refractivity contribution is -0.136. The van der Waals surface area contributed by atoms with Crippen molar-refractivity contribution in [2.45, 2.75) is 24.8 Å². The van der Waals surface area contributed by atoms with E-state index >= 15 is 0 Å². The molecular weight excluding hydrogens is 264 g/mol. The number of carbonyl (C=O) groups is 1. The van der Waals surface area contributed by atoms with Crippen LogP contribution in [0.1, 0.15) is 34.3 Å². The van der Waals surface area contributed by atoms with Crippen molar-refractivity contribution < 1.29 is 9.53 Å². The summed E-state index contributed by atoms with van der Waals surface area (Å²) in [5.41, 5.74) is 4.72. The Labute approximate surface area is 117 Å². The van der Waals surface area contributed by atoms with Crippen LogP contribution in [0.25, 0.3) is 6.08 Å². The zero-order chi connectivity index (χ0) is 13.4. The molecule has 3 rings (SSSR count). The van der Waals surface area contributed by atoms with Crippen molar-refractivity contribution in [3.8, 4) is 0 Å². The second-order valence-corrected chi connectivity index (χ2v) is 5.54. The first-order chi connectivity index (χ1) is 9.20. The highest BCUT2D eigenvalue weighted by Crippen LogP contribution is 2.37. The van der Waals surface area contributed by atoms with E-state index in [1.54, 1.807) is 7.11 Å². The van der Waals surface area contributed by atoms with Crippen LogP contribution >= 0.6 is 11.6 Å². The molecule has 4 nitrogen and oxygen atoms in total. The van der Waals surface area contributed by atoms with Crippen molar-refractivity contribution in [2.24, 2.45) is 0 Å². The highest BCUT2D eigenvalue weighted by Gasteiger charge is 2.28. The molecule has 1 unspecified atom stereocenters. The first-order valence-corrected chi connectivity index (χ1v) is 6.95. The van der Waals surface area contributed by atoms with Crippen molar-refractivity contribution in [1.82, 2.24) is 9.88 Å². The van der Waals surface area contributed by atoms with Crippen molar-refractivity contribution in [3.05, 3.63) is 28.6 Å². The van der Waals surface area contributed by atoms with Crippen LogP contribution in [0.3, 0.4) is 0 Å². The molecule has 1 amide bonds. The predicted molar refractivity (Wildman–Crippen MR) is 74.0 cm³/mol. The van der Waals surface area contributed by atoms with E-state index in [-0.39, 0.29) is 17.9 Å². The van der Waals surface area contributed by atoms with Crippen LogP contribution in [0.15, 0.2) is 6.08 Å². The van der Waals surface area contributed by atoms with Gasteiger partial charge in [-0.15, -0.1) is 11.6 Å². The number of H-pyrrole nitrogens is 1. The first kappa shape index (κ1) is 12.8. The Bertz CT molecular complexity index is 536. The summed E-state index contributed by atoms with van der Waals surface area (Å²) < 4.78 is 4.92. The minimum absolute atomic E-state index is 0.0220. The lowest BCUT2D eigenvalue weighted by Crippen LogP contribution is -2.38. The highest BCUT2D eigenvalue weighted by molar-refractivity contribution is 6.21. The van der Waals surface area contributed by atoms with Gasteiger partial charge in [-0.1, -0.05) is 12.2 Å². The highest BCUT2D eigenvalue weighted by atomic mass is 35.5. The summed E-state index contributed by atoms with van der Waals surface area (Å²) in [4.78, 5) is 17.2. The number of carbonyl (C=O) groups excluding carboxylic acids is 1. The normalized spacial score (nSPS) is 21.2. The molecule has 0 saturated carbocycles. The van der Waals surface area contributed by atoms with E-state index in [0.717, 1.165) is 25.1 Å². The van der Waals surface area contributed by atoms with Crippen molar-refractivity contribution >= 4 is 23.6 Å². The van der Waals surface area contributed by atoms with E-state index in [0.29, 0.717) is 6.54 Å². The van der Waals surface area contributed by atoms with E-state index in [4.69, 9.17) is 16.3 Å². The third-order valence-electron chi connectivity index (χ3n) is 3.81. The van der Waals surface area contributed by atoms with Gasteiger partial charge in [-0.05, 0) is 12.0 Å². The number of aromatic nitrogens is 1. The monoisotopic (exact) mass is 280 g/mol. The fourth-order valence-corrected chi connectivity index (χ4v) is 3.10. The lowest BCUT2D eigenvalue weighted by Gasteiger charge is -2.27. The Morgan fingerprint density at radius 1 is 1.63 bits per heavy atom. The van der Waals surface area contributed by atoms with Crippen molar-refractivity contribution in [2.75, 3.05) is 20.3 Å². The van der Waals surface area contributed by atoms with Gasteiger partial charge in [-0.3, -0.25) is 4.79 Å². The number of hydrogen-bond donors (Lipinski definition) is 1. The van der Waals surface area contributed by atoms with Crippen molar-refractivity contribution in [1.29, 1.82) is 0 Å². The van der Waals surface area contributed by atoms with Crippen LogP contribution in [0.4, 0.5) is 0 Å². The van der Waals surface area contributed by atoms with Gasteiger partial charge in [-0.2, -0.15) is 0 Å². The van der Waals surface area contributed by atoms with Gasteiger partial charge in [0.15, 0.2) is 0 Å². The molecule has 1 aliphatic carbocycles. The minimum Gasteiger partial charge on any atom is -0.375 e. The minimum atomic E-state index is 0.0220. The number of ether oxygens (including phenoxy) is 1. The molecule has 1 atom stereocenters. The Hall–Kier alpha value is -1.26. The number of hydrogen-bond acceptors (Lipinski definition) is 2. The van der Waals surface area contributed by atoms with Crippen LogP contribution in [0.2, 0.25) is 0 Å². The number of amides is 1. The third kappa shape index (κ3) is 2.19. The number of allylic oxidation sites excluding steroid dienone is 1. The third-order valence-corrected chi connectivity index (χ3v) is 4.20. The molecule has 1 N–H and O–H groups in total. The van der Waals surface area contributed by atoms with E-state index in [1.807, 2.05) is 4.90 Å². The smallest absolute Gasteiger partial charge is 0.248 e. The number of methoxy groups -OCH3 is 1. The molecule has 1 aliphatic heterocycles. The quantitative estimate of drug-likeness (QED) is 0.845. The molecule has 0 bridgehead atoms. The van der Waals surface area contributed by atoms with Crippen molar-refractivity contribution in [3.63, 3.8) is 0 Å². The zero-order valence-electron chi connectivity index (χ0n) is 10.9. The second kappa shape index (κ2) is 5.02. The molecule has 0 spiro atoms. The molecule has 0 radical (unpaired) electrons. The molecule has 102 valence electrons. The fraction of sp³-hybridized carbons (Fsp3) is 0.500. The number of halogens is 1. The Morgan fingerprint density at radius 2 is 2.47 bits per heavy atom. The summed E-state index contributed by atoms with van der Waals surface area (Å²) in [6, 6.07) is 0. The summed E-state index contributed by atoms with van der Waals surface area (Å²) in [5, 5.41) is 0.0220. The second-order valence-electron chi connectivity index (χ2n) is 5.01. The number of aromatic amines is 1. The topological polar surface area (TPSA) is 45.3 Å². The summed E-state index contributed by atoms with van der Waals surface area (Å²) in [7, 11) is 1.55. The average Bonchev–Trinajstić information content (AvgIpc) is 2.78. The Morgan fingerprint density at radius 3 is 3.26 bits per heavy atom. The predicted octanol–water partition coefficient (Wildman–Crippen LogP) is 2.24. The maximum Gasteiger partial charge on any atom is 0.248 e. The number of nitrogens with one attached hydrogen (secondary N) is 1. The number of alkyl halides is 1. The molecule has 0 aromatic carbocycles. The number of fused-ring (bicyclic) bond motifs is 3. The SMILES string of the molecule is COCC(=O)N1CCc2[nH]c3c(c2C1)C=CCC3Cl. The molecule has 1 aromatic heterocycles. The van der Waals surface area contributed by atoms with Gasteiger partial charge in [0, 0.05) is 43.6 Å². The largest absolute Gasteiger partial charge is 0.375 e. The average molecular weight is 281 g/mol. The van der Waals surface area contributed by atoms with Gasteiger partial charge >= 0.3 is 0 Å². The zero-order valence-corrected chi connectivity index (χ0v) is 11.7. The van der Waals surface area contributed by atoms with Crippen LogP contribution in [0, 0.1) is 0 Å². The van der Waals surface area contributed by atoms with E-state index in [1.165, 1.54) is 16.8 Å². The lowest BCUT2D eigenvalue weighted by atomic mass is 9.98. The standard InChI is InChI=1S/C14H17ClN2O2/c1-19-8-13(18)17-6-5-12-10(7-17)9-3-2-4-11(15)14(9)16-12/h2-3,11,16H,4-8H2,1H3. The van der Waals surface area contributed by atoms with Crippen LogP contribution in [-0.2, 0) is 22.5 Å². The number of rotatable bonds is 2. The molecule has 1 aromatic rings. The molecule has 0 fully saturated rings. The summed E-state index contributed by atoms with van der Waals surface area (Å²) in [6.07, 6.45) is 5.94. The molecule has 0 saturated heterocycles. The van der Waals surface area contributed by atoms with Gasteiger partial charge < -0.3 is 14.6 Å². The molecular formula is C14H17ClN2O2. The first-order valence-electron chi connectivity index (χ1n) is 6.51. The van der Waals surface area contributed by atoms with Gasteiger partial charge in [0.2, 0.25) is 5.91 Å². The van der Waals surface area contributed by atoms with Gasteiger partial charge in [0.05, 0.1) is 5.38 Å². The Balaban J connectivity index is 1.89. The molecule has 2 aliphatic rings. The summed E-state index contributed by atoms with van der Waals surface area (Å²) in [6.45, 7) is 1.54. The molecule has 2 heterocycles. The van der Waals surface area contributed by atoms with Gasteiger partial charge in [0.1, 0.15) is 6.61 Å². The van der Waals surface area contributed by atoms with Crippen LogP contribution in [0.5, 0.6) is 0 Å².